The van der Waals surface area contributed by atoms with Crippen LogP contribution in [0.3, 0.4) is 0 Å². The van der Waals surface area contributed by atoms with E-state index in [1.165, 1.54) is 0 Å². The van der Waals surface area contributed by atoms with E-state index in [4.69, 9.17) is 0 Å². The highest BCUT2D eigenvalue weighted by Crippen LogP contribution is 2.23. The quantitative estimate of drug-likeness (QED) is 0.866. The summed E-state index contributed by atoms with van der Waals surface area (Å²) in [6, 6.07) is 7.39. The monoisotopic (exact) mass is 324 g/mol. The maximum absolute atomic E-state index is 11.7. The van der Waals surface area contributed by atoms with Crippen molar-refractivity contribution in [1.29, 1.82) is 0 Å². The fourth-order valence-corrected chi connectivity index (χ4v) is 2.17. The van der Waals surface area contributed by atoms with Gasteiger partial charge in [-0.1, -0.05) is 22.9 Å². The first-order chi connectivity index (χ1) is 9.11. The van der Waals surface area contributed by atoms with Crippen molar-refractivity contribution < 1.29 is 9.59 Å². The van der Waals surface area contributed by atoms with Crippen molar-refractivity contribution in [3.05, 3.63) is 24.3 Å². The summed E-state index contributed by atoms with van der Waals surface area (Å²) >= 11 is 3.31. The Bertz CT molecular complexity index is 473. The smallest absolute Gasteiger partial charge is 0.238 e. The van der Waals surface area contributed by atoms with Crippen molar-refractivity contribution in [1.82, 2.24) is 0 Å². The third-order valence-corrected chi connectivity index (χ3v) is 4.23. The predicted octanol–water partition coefficient (Wildman–Crippen LogP) is 2.93. The second kappa shape index (κ2) is 6.19. The van der Waals surface area contributed by atoms with Crippen LogP contribution in [0.1, 0.15) is 26.2 Å². The number of amides is 2. The second-order valence-corrected chi connectivity index (χ2v) is 5.67. The molecule has 0 saturated carbocycles. The van der Waals surface area contributed by atoms with E-state index in [0.29, 0.717) is 6.42 Å². The Morgan fingerprint density at radius 2 is 2.11 bits per heavy atom. The summed E-state index contributed by atoms with van der Waals surface area (Å²) in [5.74, 6) is 0.121. The van der Waals surface area contributed by atoms with Gasteiger partial charge in [-0.05, 0) is 37.1 Å². The second-order valence-electron chi connectivity index (χ2n) is 4.56. The first-order valence-electron chi connectivity index (χ1n) is 6.47. The normalized spacial score (nSPS) is 16.5. The Labute approximate surface area is 121 Å². The van der Waals surface area contributed by atoms with E-state index >= 15 is 0 Å². The van der Waals surface area contributed by atoms with Gasteiger partial charge in [0.2, 0.25) is 11.8 Å². The van der Waals surface area contributed by atoms with Gasteiger partial charge < -0.3 is 10.2 Å². The molecule has 1 unspecified atom stereocenters. The van der Waals surface area contributed by atoms with E-state index in [1.54, 1.807) is 4.90 Å². The third-order valence-electron chi connectivity index (χ3n) is 3.16. The number of benzene rings is 1. The molecular weight excluding hydrogens is 308 g/mol. The number of anilines is 2. The van der Waals surface area contributed by atoms with Crippen LogP contribution in [-0.4, -0.2) is 23.2 Å². The summed E-state index contributed by atoms with van der Waals surface area (Å²) in [4.78, 5) is 24.9. The Morgan fingerprint density at radius 1 is 1.42 bits per heavy atom. The van der Waals surface area contributed by atoms with Crippen LogP contribution in [-0.2, 0) is 9.59 Å². The molecule has 2 amide bonds. The molecule has 1 aliphatic heterocycles. The van der Waals surface area contributed by atoms with Gasteiger partial charge in [-0.2, -0.15) is 0 Å². The van der Waals surface area contributed by atoms with Crippen molar-refractivity contribution in [3.63, 3.8) is 0 Å². The zero-order valence-electron chi connectivity index (χ0n) is 10.9. The number of carbonyl (C=O) groups excluding carboxylic acids is 2. The van der Waals surface area contributed by atoms with Crippen molar-refractivity contribution >= 4 is 39.1 Å². The van der Waals surface area contributed by atoms with Crippen molar-refractivity contribution in [2.24, 2.45) is 0 Å². The molecule has 1 atom stereocenters. The van der Waals surface area contributed by atoms with Gasteiger partial charge in [0.25, 0.3) is 0 Å². The van der Waals surface area contributed by atoms with Gasteiger partial charge in [0.15, 0.2) is 0 Å². The number of nitrogens with zero attached hydrogens (tertiary/aromatic N) is 1. The van der Waals surface area contributed by atoms with E-state index < -0.39 is 0 Å². The molecule has 1 aliphatic rings. The van der Waals surface area contributed by atoms with Crippen LogP contribution in [0, 0.1) is 0 Å². The molecule has 1 aromatic rings. The van der Waals surface area contributed by atoms with E-state index in [0.717, 1.165) is 30.8 Å². The van der Waals surface area contributed by atoms with E-state index in [2.05, 4.69) is 21.2 Å². The minimum absolute atomic E-state index is 0.0486. The van der Waals surface area contributed by atoms with Crippen LogP contribution in [0.25, 0.3) is 0 Å². The van der Waals surface area contributed by atoms with Gasteiger partial charge in [0.1, 0.15) is 0 Å². The molecule has 2 rings (SSSR count). The average molecular weight is 325 g/mol. The number of hydrogen-bond acceptors (Lipinski definition) is 2. The number of hydrogen-bond donors (Lipinski definition) is 1. The standard InChI is InChI=1S/C14H17BrN2O2/c1-2-12(15)14(19)16-10-5-7-11(8-6-10)17-9-3-4-13(17)18/h5-8,12H,2-4,9H2,1H3,(H,16,19). The lowest BCUT2D eigenvalue weighted by Crippen LogP contribution is -2.24. The number of halogens is 1. The molecule has 1 aromatic carbocycles. The fourth-order valence-electron chi connectivity index (χ4n) is 2.05. The summed E-state index contributed by atoms with van der Waals surface area (Å²) in [5, 5.41) is 2.83. The minimum atomic E-state index is -0.174. The Kier molecular flexibility index (Phi) is 4.58. The molecule has 0 aromatic heterocycles. The molecule has 0 spiro atoms. The lowest BCUT2D eigenvalue weighted by Gasteiger charge is -2.16. The van der Waals surface area contributed by atoms with E-state index in [1.807, 2.05) is 31.2 Å². The van der Waals surface area contributed by atoms with E-state index in [-0.39, 0.29) is 16.6 Å². The topological polar surface area (TPSA) is 49.4 Å². The van der Waals surface area contributed by atoms with Crippen LogP contribution in [0.15, 0.2) is 24.3 Å². The van der Waals surface area contributed by atoms with Crippen LogP contribution in [0.2, 0.25) is 0 Å². The van der Waals surface area contributed by atoms with Crippen LogP contribution in [0.4, 0.5) is 11.4 Å². The highest BCUT2D eigenvalue weighted by Gasteiger charge is 2.21. The minimum Gasteiger partial charge on any atom is -0.325 e. The summed E-state index contributed by atoms with van der Waals surface area (Å²) in [6.07, 6.45) is 2.28. The summed E-state index contributed by atoms with van der Waals surface area (Å²) in [6.45, 7) is 2.73. The fraction of sp³-hybridized carbons (Fsp3) is 0.429. The lowest BCUT2D eigenvalue weighted by atomic mass is 10.2. The molecule has 0 aliphatic carbocycles. The molecule has 4 nitrogen and oxygen atoms in total. The predicted molar refractivity (Wildman–Crippen MR) is 79.7 cm³/mol. The maximum atomic E-state index is 11.7. The van der Waals surface area contributed by atoms with Crippen LogP contribution < -0.4 is 10.2 Å². The largest absolute Gasteiger partial charge is 0.325 e. The summed E-state index contributed by atoms with van der Waals surface area (Å²) < 4.78 is 0. The van der Waals surface area contributed by atoms with E-state index in [9.17, 15) is 9.59 Å². The third kappa shape index (κ3) is 3.35. The van der Waals surface area contributed by atoms with Gasteiger partial charge >= 0.3 is 0 Å². The van der Waals surface area contributed by atoms with Crippen LogP contribution in [0.5, 0.6) is 0 Å². The molecule has 0 radical (unpaired) electrons. The molecule has 19 heavy (non-hydrogen) atoms. The summed E-state index contributed by atoms with van der Waals surface area (Å²) in [5.41, 5.74) is 1.64. The Morgan fingerprint density at radius 3 is 2.63 bits per heavy atom. The van der Waals surface area contributed by atoms with Crippen molar-refractivity contribution in [2.75, 3.05) is 16.8 Å². The maximum Gasteiger partial charge on any atom is 0.238 e. The van der Waals surface area contributed by atoms with Gasteiger partial charge in [-0.25, -0.2) is 0 Å². The zero-order chi connectivity index (χ0) is 13.8. The molecule has 1 N–H and O–H groups in total. The Hall–Kier alpha value is -1.36. The lowest BCUT2D eigenvalue weighted by molar-refractivity contribution is -0.117. The van der Waals surface area contributed by atoms with Crippen molar-refractivity contribution in [2.45, 2.75) is 31.0 Å². The average Bonchev–Trinajstić information content (AvgIpc) is 2.85. The van der Waals surface area contributed by atoms with Gasteiger partial charge in [0.05, 0.1) is 4.83 Å². The summed E-state index contributed by atoms with van der Waals surface area (Å²) in [7, 11) is 0. The molecule has 1 heterocycles. The molecule has 1 saturated heterocycles. The molecule has 102 valence electrons. The van der Waals surface area contributed by atoms with Crippen molar-refractivity contribution in [3.8, 4) is 0 Å². The number of nitrogens with one attached hydrogen (secondary N) is 1. The number of rotatable bonds is 4. The Balaban J connectivity index is 2.02. The molecule has 1 fully saturated rings. The zero-order valence-corrected chi connectivity index (χ0v) is 12.4. The first kappa shape index (κ1) is 14.1. The highest BCUT2D eigenvalue weighted by molar-refractivity contribution is 9.10. The molecule has 0 bridgehead atoms. The number of alkyl halides is 1. The first-order valence-corrected chi connectivity index (χ1v) is 7.38. The van der Waals surface area contributed by atoms with Gasteiger partial charge in [0, 0.05) is 24.3 Å². The number of carbonyl (C=O) groups is 2. The molecular formula is C14H17BrN2O2. The van der Waals surface area contributed by atoms with Crippen LogP contribution >= 0.6 is 15.9 Å². The SMILES string of the molecule is CCC(Br)C(=O)Nc1ccc(N2CCCC2=O)cc1. The van der Waals surface area contributed by atoms with Gasteiger partial charge in [-0.3, -0.25) is 9.59 Å². The van der Waals surface area contributed by atoms with Gasteiger partial charge in [-0.15, -0.1) is 0 Å². The highest BCUT2D eigenvalue weighted by atomic mass is 79.9. The molecule has 5 heteroatoms.